The third-order valence-electron chi connectivity index (χ3n) is 4.34. The van der Waals surface area contributed by atoms with E-state index in [0.717, 1.165) is 4.90 Å². The molecule has 0 atom stereocenters. The zero-order valence-corrected chi connectivity index (χ0v) is 15.2. The molecule has 27 heavy (non-hydrogen) atoms. The molecule has 1 aromatic carbocycles. The molecule has 0 spiro atoms. The van der Waals surface area contributed by atoms with Gasteiger partial charge in [0.1, 0.15) is 12.2 Å². The maximum absolute atomic E-state index is 12.5. The monoisotopic (exact) mass is 375 g/mol. The van der Waals surface area contributed by atoms with Gasteiger partial charge in [0.2, 0.25) is 5.91 Å². The fourth-order valence-electron chi connectivity index (χ4n) is 2.87. The number of imide groups is 1. The standard InChI is InChI=1S/C18H21N3O6/c1-25-14-4-3-12(10-15(14)26-2)9-13-17(23)21(18(24)19-13)11-16(22)20-5-7-27-8-6-20/h3-4,9-10H,5-8,11H2,1-2H3,(H,19,24)/b13-9-. The van der Waals surface area contributed by atoms with Crippen molar-refractivity contribution >= 4 is 23.9 Å². The second-order valence-electron chi connectivity index (χ2n) is 5.99. The first kappa shape index (κ1) is 18.7. The average molecular weight is 375 g/mol. The Bertz CT molecular complexity index is 785. The zero-order chi connectivity index (χ0) is 19.4. The lowest BCUT2D eigenvalue weighted by Gasteiger charge is -2.27. The molecular formula is C18H21N3O6. The van der Waals surface area contributed by atoms with Crippen LogP contribution in [0.1, 0.15) is 5.56 Å². The summed E-state index contributed by atoms with van der Waals surface area (Å²) in [5.41, 5.74) is 0.750. The number of nitrogens with zero attached hydrogens (tertiary/aromatic N) is 2. The second kappa shape index (κ2) is 8.09. The SMILES string of the molecule is COc1ccc(/C=C2\NC(=O)N(CC(=O)N3CCOCC3)C2=O)cc1OC. The van der Waals surface area contributed by atoms with Crippen molar-refractivity contribution < 1.29 is 28.6 Å². The van der Waals surface area contributed by atoms with E-state index in [4.69, 9.17) is 14.2 Å². The molecule has 0 unspecified atom stereocenters. The Morgan fingerprint density at radius 1 is 1.19 bits per heavy atom. The van der Waals surface area contributed by atoms with Gasteiger partial charge in [0, 0.05) is 13.1 Å². The first-order chi connectivity index (χ1) is 13.0. The Hall–Kier alpha value is -3.07. The molecule has 2 aliphatic heterocycles. The number of rotatable bonds is 5. The van der Waals surface area contributed by atoms with Gasteiger partial charge in [-0.05, 0) is 23.8 Å². The summed E-state index contributed by atoms with van der Waals surface area (Å²) in [5, 5.41) is 2.51. The highest BCUT2D eigenvalue weighted by Crippen LogP contribution is 2.28. The number of methoxy groups -OCH3 is 2. The third kappa shape index (κ3) is 4.03. The van der Waals surface area contributed by atoms with Crippen LogP contribution < -0.4 is 14.8 Å². The Balaban J connectivity index is 1.73. The summed E-state index contributed by atoms with van der Waals surface area (Å²) in [4.78, 5) is 39.5. The van der Waals surface area contributed by atoms with Crippen LogP contribution in [0, 0.1) is 0 Å². The molecule has 0 bridgehead atoms. The molecule has 0 radical (unpaired) electrons. The Morgan fingerprint density at radius 3 is 2.56 bits per heavy atom. The van der Waals surface area contributed by atoms with E-state index in [-0.39, 0.29) is 18.1 Å². The van der Waals surface area contributed by atoms with Gasteiger partial charge < -0.3 is 24.4 Å². The second-order valence-corrected chi connectivity index (χ2v) is 5.99. The van der Waals surface area contributed by atoms with Gasteiger partial charge in [-0.2, -0.15) is 0 Å². The fraction of sp³-hybridized carbons (Fsp3) is 0.389. The smallest absolute Gasteiger partial charge is 0.329 e. The summed E-state index contributed by atoms with van der Waals surface area (Å²) in [7, 11) is 3.04. The van der Waals surface area contributed by atoms with Gasteiger partial charge >= 0.3 is 6.03 Å². The number of ether oxygens (including phenoxy) is 3. The topological polar surface area (TPSA) is 97.4 Å². The van der Waals surface area contributed by atoms with Crippen molar-refractivity contribution in [2.45, 2.75) is 0 Å². The maximum Gasteiger partial charge on any atom is 0.329 e. The number of urea groups is 1. The molecule has 3 rings (SSSR count). The number of amides is 4. The molecule has 4 amide bonds. The highest BCUT2D eigenvalue weighted by molar-refractivity contribution is 6.15. The van der Waals surface area contributed by atoms with Gasteiger partial charge in [-0.1, -0.05) is 6.07 Å². The molecule has 1 aromatic rings. The summed E-state index contributed by atoms with van der Waals surface area (Å²) in [6.45, 7) is 1.52. The van der Waals surface area contributed by atoms with E-state index in [1.807, 2.05) is 0 Å². The predicted octanol–water partition coefficient (Wildman–Crippen LogP) is 0.455. The molecule has 1 N–H and O–H groups in total. The lowest BCUT2D eigenvalue weighted by atomic mass is 10.1. The van der Waals surface area contributed by atoms with Crippen LogP contribution in [0.5, 0.6) is 11.5 Å². The maximum atomic E-state index is 12.5. The fourth-order valence-corrected chi connectivity index (χ4v) is 2.87. The normalized spacial score (nSPS) is 18.7. The molecule has 9 heteroatoms. The van der Waals surface area contributed by atoms with Crippen LogP contribution in [0.4, 0.5) is 4.79 Å². The Morgan fingerprint density at radius 2 is 1.89 bits per heavy atom. The summed E-state index contributed by atoms with van der Waals surface area (Å²) in [6.07, 6.45) is 1.53. The summed E-state index contributed by atoms with van der Waals surface area (Å²) >= 11 is 0. The number of carbonyl (C=O) groups excluding carboxylic acids is 3. The van der Waals surface area contributed by atoms with Crippen LogP contribution in [-0.2, 0) is 14.3 Å². The van der Waals surface area contributed by atoms with Crippen molar-refractivity contribution in [2.75, 3.05) is 47.1 Å². The summed E-state index contributed by atoms with van der Waals surface area (Å²) < 4.78 is 15.6. The highest BCUT2D eigenvalue weighted by atomic mass is 16.5. The molecule has 0 aromatic heterocycles. The first-order valence-corrected chi connectivity index (χ1v) is 8.45. The van der Waals surface area contributed by atoms with Crippen molar-refractivity contribution in [1.29, 1.82) is 0 Å². The summed E-state index contributed by atoms with van der Waals surface area (Å²) in [6, 6.07) is 4.50. The van der Waals surface area contributed by atoms with E-state index >= 15 is 0 Å². The molecule has 0 saturated carbocycles. The molecule has 9 nitrogen and oxygen atoms in total. The Kier molecular flexibility index (Phi) is 5.60. The lowest BCUT2D eigenvalue weighted by Crippen LogP contribution is -2.47. The minimum Gasteiger partial charge on any atom is -0.493 e. The van der Waals surface area contributed by atoms with E-state index in [2.05, 4.69) is 5.32 Å². The van der Waals surface area contributed by atoms with E-state index in [1.54, 1.807) is 23.1 Å². The average Bonchev–Trinajstić information content (AvgIpc) is 2.95. The first-order valence-electron chi connectivity index (χ1n) is 8.45. The van der Waals surface area contributed by atoms with Gasteiger partial charge in [0.05, 0.1) is 27.4 Å². The van der Waals surface area contributed by atoms with Crippen LogP contribution in [0.15, 0.2) is 23.9 Å². The predicted molar refractivity (Wildman–Crippen MR) is 95.2 cm³/mol. The van der Waals surface area contributed by atoms with E-state index in [9.17, 15) is 14.4 Å². The van der Waals surface area contributed by atoms with Gasteiger partial charge in [-0.15, -0.1) is 0 Å². The molecular weight excluding hydrogens is 354 g/mol. The van der Waals surface area contributed by atoms with Crippen LogP contribution in [0.2, 0.25) is 0 Å². The van der Waals surface area contributed by atoms with Gasteiger partial charge in [0.25, 0.3) is 5.91 Å². The lowest BCUT2D eigenvalue weighted by molar-refractivity contribution is -0.139. The number of benzene rings is 1. The number of hydrogen-bond donors (Lipinski definition) is 1. The summed E-state index contributed by atoms with van der Waals surface area (Å²) in [5.74, 6) is 0.229. The minimum atomic E-state index is -0.617. The zero-order valence-electron chi connectivity index (χ0n) is 15.2. The Labute approximate surface area is 156 Å². The van der Waals surface area contributed by atoms with Crippen molar-refractivity contribution in [1.82, 2.24) is 15.1 Å². The van der Waals surface area contributed by atoms with Crippen molar-refractivity contribution in [3.8, 4) is 11.5 Å². The number of nitrogens with one attached hydrogen (secondary N) is 1. The largest absolute Gasteiger partial charge is 0.493 e. The van der Waals surface area contributed by atoms with Crippen LogP contribution >= 0.6 is 0 Å². The molecule has 2 heterocycles. The molecule has 2 aliphatic rings. The number of morpholine rings is 1. The van der Waals surface area contributed by atoms with Crippen molar-refractivity contribution in [3.05, 3.63) is 29.5 Å². The molecule has 2 saturated heterocycles. The van der Waals surface area contributed by atoms with Crippen LogP contribution in [-0.4, -0.2) is 74.7 Å². The number of carbonyl (C=O) groups is 3. The van der Waals surface area contributed by atoms with Gasteiger partial charge in [0.15, 0.2) is 11.5 Å². The van der Waals surface area contributed by atoms with E-state index in [0.29, 0.717) is 43.4 Å². The van der Waals surface area contributed by atoms with Crippen LogP contribution in [0.25, 0.3) is 6.08 Å². The third-order valence-corrected chi connectivity index (χ3v) is 4.34. The number of hydrogen-bond acceptors (Lipinski definition) is 6. The van der Waals surface area contributed by atoms with Crippen molar-refractivity contribution in [2.24, 2.45) is 0 Å². The minimum absolute atomic E-state index is 0.0991. The van der Waals surface area contributed by atoms with E-state index < -0.39 is 11.9 Å². The van der Waals surface area contributed by atoms with Gasteiger partial charge in [-0.25, -0.2) is 9.69 Å². The highest BCUT2D eigenvalue weighted by Gasteiger charge is 2.36. The molecule has 144 valence electrons. The van der Waals surface area contributed by atoms with Crippen LogP contribution in [0.3, 0.4) is 0 Å². The quantitative estimate of drug-likeness (QED) is 0.593. The van der Waals surface area contributed by atoms with Crippen molar-refractivity contribution in [3.63, 3.8) is 0 Å². The van der Waals surface area contributed by atoms with Gasteiger partial charge in [-0.3, -0.25) is 9.59 Å². The van der Waals surface area contributed by atoms with E-state index in [1.165, 1.54) is 20.3 Å². The molecule has 0 aliphatic carbocycles. The molecule has 2 fully saturated rings.